The molecule has 0 heterocycles. The van der Waals surface area contributed by atoms with Gasteiger partial charge in [-0.2, -0.15) is 0 Å². The van der Waals surface area contributed by atoms with Crippen LogP contribution in [0, 0.1) is 0 Å². The predicted molar refractivity (Wildman–Crippen MR) is 194 cm³/mol. The summed E-state index contributed by atoms with van der Waals surface area (Å²) in [5.41, 5.74) is 4.71. The number of nitrogens with two attached hydrogens (primary N) is 1. The van der Waals surface area contributed by atoms with E-state index in [0.717, 1.165) is 0 Å². The fourth-order valence-corrected chi connectivity index (χ4v) is 9.69. The molecule has 1 nitrogen and oxygen atoms in total. The summed E-state index contributed by atoms with van der Waals surface area (Å²) in [7, 11) is 0. The molecule has 0 atom stereocenters. The SMILES string of the molecule is CCCCCCCCCCCCCCCCC[CH2][Zn][CH2]CCCCCCCCCCCCCCCCC.NC(=S)S. The van der Waals surface area contributed by atoms with Crippen molar-refractivity contribution in [2.45, 2.75) is 229 Å². The van der Waals surface area contributed by atoms with Crippen molar-refractivity contribution in [3.05, 3.63) is 0 Å². The molecule has 2 N–H and O–H groups in total. The molecule has 4 heteroatoms. The zero-order valence-electron chi connectivity index (χ0n) is 28.7. The van der Waals surface area contributed by atoms with Crippen molar-refractivity contribution < 1.29 is 17.1 Å². The van der Waals surface area contributed by atoms with Crippen LogP contribution in [0.4, 0.5) is 0 Å². The Hall–Kier alpha value is 0.863. The van der Waals surface area contributed by atoms with Crippen molar-refractivity contribution in [1.82, 2.24) is 0 Å². The molecule has 0 aliphatic heterocycles. The van der Waals surface area contributed by atoms with E-state index in [0.29, 0.717) is 0 Å². The average molecular weight is 666 g/mol. The minimum atomic E-state index is -0.143. The van der Waals surface area contributed by atoms with Gasteiger partial charge < -0.3 is 5.73 Å². The zero-order chi connectivity index (χ0) is 30.3. The van der Waals surface area contributed by atoms with Crippen molar-refractivity contribution >= 4 is 29.2 Å². The van der Waals surface area contributed by atoms with Crippen LogP contribution in [-0.4, -0.2) is 4.32 Å². The minimum Gasteiger partial charge on any atom is -0.385 e. The first-order valence-corrected chi connectivity index (χ1v) is 24.2. The number of thiocarbonyl (C=S) groups is 1. The second-order valence-corrected chi connectivity index (χ2v) is 18.7. The smallest absolute Gasteiger partial charge is 0.385 e. The van der Waals surface area contributed by atoms with E-state index in [9.17, 15) is 0 Å². The van der Waals surface area contributed by atoms with E-state index >= 15 is 0 Å². The van der Waals surface area contributed by atoms with Crippen LogP contribution >= 0.6 is 24.8 Å². The van der Waals surface area contributed by atoms with Gasteiger partial charge in [-0.3, -0.25) is 0 Å². The van der Waals surface area contributed by atoms with Crippen LogP contribution in [-0.2, 0) is 17.1 Å². The summed E-state index contributed by atoms with van der Waals surface area (Å²) in [6, 6.07) is 0. The molecule has 0 radical (unpaired) electrons. The van der Waals surface area contributed by atoms with Crippen LogP contribution in [0.25, 0.3) is 0 Å². The molecule has 0 saturated carbocycles. The van der Waals surface area contributed by atoms with Crippen LogP contribution in [0.2, 0.25) is 10.0 Å². The third-order valence-corrected chi connectivity index (χ3v) is 12.9. The molecule has 0 unspecified atom stereocenters. The van der Waals surface area contributed by atoms with Gasteiger partial charge in [0.2, 0.25) is 0 Å². The standard InChI is InChI=1S/2C18H37.CH3NS2.Zn/c2*1-3-5-7-9-11-13-15-17-18-16-14-12-10-8-6-4-2;2-1(3)4;/h2*1,3-18H2,2H3;(H3,2,3,4);. The van der Waals surface area contributed by atoms with E-state index < -0.39 is 0 Å². The summed E-state index contributed by atoms with van der Waals surface area (Å²) in [5.74, 6) is 0. The summed E-state index contributed by atoms with van der Waals surface area (Å²) in [6.45, 7) is 4.62. The fraction of sp³-hybridized carbons (Fsp3) is 0.973. The van der Waals surface area contributed by atoms with E-state index in [1.54, 1.807) is 35.7 Å². The molecule has 0 bridgehead atoms. The number of thiol groups is 1. The monoisotopic (exact) mass is 663 g/mol. The van der Waals surface area contributed by atoms with E-state index in [1.807, 2.05) is 0 Å². The minimum absolute atomic E-state index is 0.143. The second-order valence-electron chi connectivity index (χ2n) is 13.0. The Morgan fingerprint density at radius 2 is 0.537 bits per heavy atom. The molecule has 41 heavy (non-hydrogen) atoms. The van der Waals surface area contributed by atoms with E-state index in [-0.39, 0.29) is 21.4 Å². The van der Waals surface area contributed by atoms with Gasteiger partial charge in [-0.05, 0) is 0 Å². The fourth-order valence-electron chi connectivity index (χ4n) is 5.98. The third kappa shape index (κ3) is 50.8. The number of rotatable bonds is 34. The Labute approximate surface area is 279 Å². The molecule has 0 aromatic carbocycles. The van der Waals surface area contributed by atoms with Gasteiger partial charge >= 0.3 is 168 Å². The molecular formula is C37H77NS2Zn. The Morgan fingerprint density at radius 3 is 0.707 bits per heavy atom. The van der Waals surface area contributed by atoms with Crippen molar-refractivity contribution in [3.63, 3.8) is 0 Å². The van der Waals surface area contributed by atoms with Gasteiger partial charge in [0.1, 0.15) is 4.32 Å². The first-order chi connectivity index (χ1) is 20.1. The molecular weight excluding hydrogens is 588 g/mol. The van der Waals surface area contributed by atoms with Gasteiger partial charge in [0.15, 0.2) is 0 Å². The van der Waals surface area contributed by atoms with Crippen LogP contribution in [0.1, 0.15) is 219 Å². The Bertz CT molecular complexity index is 422. The van der Waals surface area contributed by atoms with Gasteiger partial charge in [0, 0.05) is 0 Å². The van der Waals surface area contributed by atoms with Crippen LogP contribution in [0.3, 0.4) is 0 Å². The van der Waals surface area contributed by atoms with E-state index in [4.69, 9.17) is 5.73 Å². The summed E-state index contributed by atoms with van der Waals surface area (Å²) in [6.07, 6.45) is 47.9. The van der Waals surface area contributed by atoms with Gasteiger partial charge in [0.25, 0.3) is 0 Å². The topological polar surface area (TPSA) is 26.0 Å². The van der Waals surface area contributed by atoms with Crippen molar-refractivity contribution in [2.75, 3.05) is 0 Å². The maximum absolute atomic E-state index is 4.71. The Balaban J connectivity index is 0. The van der Waals surface area contributed by atoms with Gasteiger partial charge in [0.05, 0.1) is 0 Å². The summed E-state index contributed by atoms with van der Waals surface area (Å²) < 4.78 is 0.194. The molecule has 0 aliphatic rings. The van der Waals surface area contributed by atoms with Crippen LogP contribution in [0.5, 0.6) is 0 Å². The van der Waals surface area contributed by atoms with Crippen molar-refractivity contribution in [2.24, 2.45) is 5.73 Å². The molecule has 0 amide bonds. The molecule has 0 fully saturated rings. The molecule has 0 aliphatic carbocycles. The Morgan fingerprint density at radius 1 is 0.390 bits per heavy atom. The van der Waals surface area contributed by atoms with Gasteiger partial charge in [-0.15, -0.1) is 12.6 Å². The summed E-state index contributed by atoms with van der Waals surface area (Å²) in [5, 5.41) is 3.37. The number of hydrogen-bond donors (Lipinski definition) is 2. The third-order valence-electron chi connectivity index (χ3n) is 8.71. The van der Waals surface area contributed by atoms with E-state index in [1.165, 1.54) is 180 Å². The molecule has 244 valence electrons. The molecule has 0 rings (SSSR count). The second kappa shape index (κ2) is 43.0. The van der Waals surface area contributed by atoms with Crippen molar-refractivity contribution in [1.29, 1.82) is 0 Å². The van der Waals surface area contributed by atoms with Crippen LogP contribution in [0.15, 0.2) is 0 Å². The zero-order valence-corrected chi connectivity index (χ0v) is 33.4. The first kappa shape index (κ1) is 44.0. The van der Waals surface area contributed by atoms with E-state index in [2.05, 4.69) is 38.7 Å². The molecule has 0 spiro atoms. The van der Waals surface area contributed by atoms with Crippen LogP contribution < -0.4 is 5.73 Å². The maximum atomic E-state index is 4.71. The van der Waals surface area contributed by atoms with Gasteiger partial charge in [-0.25, -0.2) is 0 Å². The Kier molecular flexibility index (Phi) is 46.1. The molecule has 0 saturated heterocycles. The first-order valence-electron chi connectivity index (χ1n) is 19.1. The average Bonchev–Trinajstić information content (AvgIpc) is 2.95. The molecule has 0 aromatic rings. The van der Waals surface area contributed by atoms with Gasteiger partial charge in [-0.1, -0.05) is 90.3 Å². The van der Waals surface area contributed by atoms with Crippen molar-refractivity contribution in [3.8, 4) is 0 Å². The number of unbranched alkanes of at least 4 members (excludes halogenated alkanes) is 30. The number of hydrogen-bond acceptors (Lipinski definition) is 1. The normalized spacial score (nSPS) is 10.8. The summed E-state index contributed by atoms with van der Waals surface area (Å²) in [4.78, 5) is 0. The molecule has 0 aromatic heterocycles. The predicted octanol–water partition coefficient (Wildman–Crippen LogP) is 14.6. The quantitative estimate of drug-likeness (QED) is 0.0310. The summed E-state index contributed by atoms with van der Waals surface area (Å²) >= 11 is 7.51.